The monoisotopic (exact) mass is 435 g/mol. The molecule has 162 valence electrons. The fourth-order valence-electron chi connectivity index (χ4n) is 3.02. The average Bonchev–Trinajstić information content (AvgIpc) is 2.71. The maximum Gasteiger partial charge on any atom is 0.342 e. The zero-order chi connectivity index (χ0) is 21.7. The summed E-state index contributed by atoms with van der Waals surface area (Å²) in [7, 11) is -2.68. The fraction of sp³-hybridized carbons (Fsp3) is 0.350. The molecule has 1 atom stereocenters. The van der Waals surface area contributed by atoms with Crippen molar-refractivity contribution in [1.29, 1.82) is 5.41 Å². The minimum Gasteiger partial charge on any atom is -0.495 e. The molecule has 10 heteroatoms. The molecule has 1 aliphatic heterocycles. The lowest BCUT2D eigenvalue weighted by atomic mass is 10.1. The van der Waals surface area contributed by atoms with Crippen LogP contribution in [0.2, 0.25) is 0 Å². The molecule has 0 aliphatic carbocycles. The van der Waals surface area contributed by atoms with Gasteiger partial charge in [0.2, 0.25) is 5.96 Å². The Morgan fingerprint density at radius 1 is 1.27 bits per heavy atom. The van der Waals surface area contributed by atoms with Crippen LogP contribution >= 0.6 is 0 Å². The molecule has 1 aliphatic rings. The van der Waals surface area contributed by atoms with E-state index in [0.29, 0.717) is 25.5 Å². The van der Waals surface area contributed by atoms with E-state index < -0.39 is 10.1 Å². The maximum atomic E-state index is 12.7. The third-order valence-corrected chi connectivity index (χ3v) is 5.82. The van der Waals surface area contributed by atoms with Crippen molar-refractivity contribution in [1.82, 2.24) is 5.06 Å². The molecule has 0 saturated carbocycles. The van der Waals surface area contributed by atoms with Gasteiger partial charge in [0.15, 0.2) is 0 Å². The van der Waals surface area contributed by atoms with Crippen LogP contribution in [0.5, 0.6) is 17.2 Å². The smallest absolute Gasteiger partial charge is 0.342 e. The third-order valence-electron chi connectivity index (χ3n) is 4.53. The number of guanidine groups is 1. The van der Waals surface area contributed by atoms with E-state index in [1.165, 1.54) is 24.3 Å². The van der Waals surface area contributed by atoms with Crippen LogP contribution in [0.15, 0.2) is 47.4 Å². The summed E-state index contributed by atoms with van der Waals surface area (Å²) in [6.07, 6.45) is 0.761. The number of hydrogen-bond donors (Lipinski definition) is 2. The van der Waals surface area contributed by atoms with E-state index in [0.717, 1.165) is 12.0 Å². The molecular weight excluding hydrogens is 410 g/mol. The second-order valence-corrected chi connectivity index (χ2v) is 8.43. The predicted octanol–water partition coefficient (Wildman–Crippen LogP) is 2.30. The molecule has 1 fully saturated rings. The molecule has 0 spiro atoms. The molecule has 2 aromatic rings. The number of benzene rings is 2. The highest BCUT2D eigenvalue weighted by molar-refractivity contribution is 7.87. The minimum absolute atomic E-state index is 0.0501. The Kier molecular flexibility index (Phi) is 6.68. The van der Waals surface area contributed by atoms with Gasteiger partial charge in [-0.2, -0.15) is 8.42 Å². The van der Waals surface area contributed by atoms with Crippen molar-refractivity contribution in [3.8, 4) is 17.2 Å². The molecule has 3 rings (SSSR count). The van der Waals surface area contributed by atoms with Gasteiger partial charge in [-0.1, -0.05) is 12.1 Å². The number of nitrogens with one attached hydrogen (secondary N) is 1. The van der Waals surface area contributed by atoms with E-state index in [1.807, 2.05) is 6.92 Å². The highest BCUT2D eigenvalue weighted by Crippen LogP contribution is 2.29. The first kappa shape index (κ1) is 21.7. The Morgan fingerprint density at radius 2 is 2.00 bits per heavy atom. The summed E-state index contributed by atoms with van der Waals surface area (Å²) in [4.78, 5) is 5.36. The number of hydrogen-bond acceptors (Lipinski definition) is 7. The summed E-state index contributed by atoms with van der Waals surface area (Å²) in [5.74, 6) is 0.861. The van der Waals surface area contributed by atoms with Gasteiger partial charge < -0.3 is 19.4 Å². The number of aryl methyl sites for hydroxylation is 1. The van der Waals surface area contributed by atoms with Crippen LogP contribution in [0.1, 0.15) is 12.0 Å². The van der Waals surface area contributed by atoms with Crippen molar-refractivity contribution in [2.24, 2.45) is 11.7 Å². The van der Waals surface area contributed by atoms with Gasteiger partial charge in [-0.05, 0) is 43.2 Å². The SMILES string of the molecule is COc1ccccc1S(=O)(=O)Oc1cc(C)cc(OCC2CCN(C(=N)N)OC2)c1. The number of rotatable bonds is 7. The van der Waals surface area contributed by atoms with Crippen LogP contribution in [0.4, 0.5) is 0 Å². The van der Waals surface area contributed by atoms with Crippen LogP contribution in [0.25, 0.3) is 0 Å². The number of para-hydroxylation sites is 1. The number of nitrogens with two attached hydrogens (primary N) is 1. The van der Waals surface area contributed by atoms with Crippen molar-refractivity contribution in [3.05, 3.63) is 48.0 Å². The van der Waals surface area contributed by atoms with Gasteiger partial charge in [0, 0.05) is 18.5 Å². The summed E-state index contributed by atoms with van der Waals surface area (Å²) < 4.78 is 41.7. The molecule has 1 unspecified atom stereocenters. The third kappa shape index (κ3) is 5.33. The molecule has 0 amide bonds. The Balaban J connectivity index is 1.67. The van der Waals surface area contributed by atoms with Crippen molar-refractivity contribution < 1.29 is 26.9 Å². The fourth-order valence-corrected chi connectivity index (χ4v) is 4.10. The molecule has 30 heavy (non-hydrogen) atoms. The zero-order valence-corrected chi connectivity index (χ0v) is 17.6. The topological polar surface area (TPSA) is 124 Å². The highest BCUT2D eigenvalue weighted by atomic mass is 32.2. The van der Waals surface area contributed by atoms with Crippen LogP contribution in [0, 0.1) is 18.3 Å². The van der Waals surface area contributed by atoms with Gasteiger partial charge in [-0.25, -0.2) is 5.06 Å². The average molecular weight is 436 g/mol. The number of hydroxylamine groups is 2. The summed E-state index contributed by atoms with van der Waals surface area (Å²) >= 11 is 0. The van der Waals surface area contributed by atoms with Gasteiger partial charge in [0.1, 0.15) is 22.1 Å². The summed E-state index contributed by atoms with van der Waals surface area (Å²) in [5, 5.41) is 8.72. The summed E-state index contributed by atoms with van der Waals surface area (Å²) in [6.45, 7) is 3.11. The standard InChI is InChI=1S/C20H25N3O6S/c1-14-9-16(27-12-15-7-8-23(20(21)22)28-13-15)11-17(10-14)29-30(24,25)19-6-4-3-5-18(19)26-2/h3-6,9-11,15H,7-8,12-13H2,1-2H3,(H3,21,22). The maximum absolute atomic E-state index is 12.7. The Bertz CT molecular complexity index is 1000. The van der Waals surface area contributed by atoms with Crippen LogP contribution < -0.4 is 19.4 Å². The quantitative estimate of drug-likeness (QED) is 0.386. The molecule has 0 radical (unpaired) electrons. The lowest BCUT2D eigenvalue weighted by Gasteiger charge is -2.31. The number of methoxy groups -OCH3 is 1. The van der Waals surface area contributed by atoms with Crippen molar-refractivity contribution in [3.63, 3.8) is 0 Å². The van der Waals surface area contributed by atoms with E-state index in [1.54, 1.807) is 30.3 Å². The number of ether oxygens (including phenoxy) is 2. The molecule has 1 saturated heterocycles. The second-order valence-electron chi connectivity index (χ2n) is 6.92. The minimum atomic E-state index is -4.08. The first-order chi connectivity index (χ1) is 14.3. The molecule has 3 N–H and O–H groups in total. The van der Waals surface area contributed by atoms with Crippen LogP contribution in [-0.2, 0) is 15.0 Å². The van der Waals surface area contributed by atoms with E-state index in [-0.39, 0.29) is 28.3 Å². The molecular formula is C20H25N3O6S. The molecule has 0 aromatic heterocycles. The van der Waals surface area contributed by atoms with Gasteiger partial charge in [0.05, 0.1) is 20.3 Å². The first-order valence-electron chi connectivity index (χ1n) is 9.35. The van der Waals surface area contributed by atoms with Gasteiger partial charge in [0.25, 0.3) is 0 Å². The Labute approximate surface area is 175 Å². The van der Waals surface area contributed by atoms with Crippen molar-refractivity contribution in [2.45, 2.75) is 18.2 Å². The van der Waals surface area contributed by atoms with Gasteiger partial charge in [-0.15, -0.1) is 0 Å². The Morgan fingerprint density at radius 3 is 2.67 bits per heavy atom. The van der Waals surface area contributed by atoms with Crippen LogP contribution in [0.3, 0.4) is 0 Å². The van der Waals surface area contributed by atoms with Crippen molar-refractivity contribution in [2.75, 3.05) is 26.9 Å². The lowest BCUT2D eigenvalue weighted by molar-refractivity contribution is -0.149. The first-order valence-corrected chi connectivity index (χ1v) is 10.8. The van der Waals surface area contributed by atoms with E-state index >= 15 is 0 Å². The molecule has 0 bridgehead atoms. The largest absolute Gasteiger partial charge is 0.495 e. The highest BCUT2D eigenvalue weighted by Gasteiger charge is 2.23. The predicted molar refractivity (Wildman–Crippen MR) is 110 cm³/mol. The van der Waals surface area contributed by atoms with Crippen molar-refractivity contribution >= 4 is 16.1 Å². The molecule has 2 aromatic carbocycles. The van der Waals surface area contributed by atoms with E-state index in [2.05, 4.69) is 0 Å². The van der Waals surface area contributed by atoms with Gasteiger partial charge >= 0.3 is 10.1 Å². The summed E-state index contributed by atoms with van der Waals surface area (Å²) in [6, 6.07) is 11.2. The Hall–Kier alpha value is -2.98. The lowest BCUT2D eigenvalue weighted by Crippen LogP contribution is -2.43. The van der Waals surface area contributed by atoms with Crippen LogP contribution in [-0.4, -0.2) is 46.3 Å². The van der Waals surface area contributed by atoms with E-state index in [4.69, 9.17) is 29.6 Å². The molecule has 1 heterocycles. The van der Waals surface area contributed by atoms with Gasteiger partial charge in [-0.3, -0.25) is 10.2 Å². The van der Waals surface area contributed by atoms with E-state index in [9.17, 15) is 8.42 Å². The molecule has 9 nitrogen and oxygen atoms in total. The normalized spacial score (nSPS) is 16.7. The summed E-state index contributed by atoms with van der Waals surface area (Å²) in [5.41, 5.74) is 6.20. The zero-order valence-electron chi connectivity index (χ0n) is 16.8. The number of nitrogens with zero attached hydrogens (tertiary/aromatic N) is 1. The second kappa shape index (κ2) is 9.23.